The van der Waals surface area contributed by atoms with E-state index in [1.54, 1.807) is 0 Å². The molecular formula is C6H8ClNO2. The van der Waals surface area contributed by atoms with Gasteiger partial charge in [-0.3, -0.25) is 9.59 Å². The maximum absolute atomic E-state index is 10.6. The smallest absolute Gasteiger partial charge is 0.223 e. The molecule has 1 atom stereocenters. The molecule has 1 heterocycles. The van der Waals surface area contributed by atoms with Crippen LogP contribution in [0, 0.1) is 0 Å². The van der Waals surface area contributed by atoms with Crippen molar-refractivity contribution in [2.75, 3.05) is 0 Å². The lowest BCUT2D eigenvalue weighted by atomic mass is 10.2. The molecule has 0 bridgehead atoms. The van der Waals surface area contributed by atoms with Gasteiger partial charge < -0.3 is 5.32 Å². The van der Waals surface area contributed by atoms with Crippen molar-refractivity contribution < 1.29 is 9.59 Å². The Labute approximate surface area is 63.7 Å². The molecule has 1 rings (SSSR count). The minimum absolute atomic E-state index is 0.0162. The van der Waals surface area contributed by atoms with E-state index in [2.05, 4.69) is 5.32 Å². The predicted molar refractivity (Wildman–Crippen MR) is 36.6 cm³/mol. The number of amides is 1. The summed E-state index contributed by atoms with van der Waals surface area (Å²) >= 11 is 5.12. The van der Waals surface area contributed by atoms with Gasteiger partial charge in [0.15, 0.2) is 0 Å². The zero-order valence-corrected chi connectivity index (χ0v) is 6.15. The monoisotopic (exact) mass is 161 g/mol. The van der Waals surface area contributed by atoms with Gasteiger partial charge in [-0.15, -0.1) is 0 Å². The van der Waals surface area contributed by atoms with Gasteiger partial charge in [0.2, 0.25) is 11.1 Å². The summed E-state index contributed by atoms with van der Waals surface area (Å²) < 4.78 is 0. The Morgan fingerprint density at radius 1 is 1.80 bits per heavy atom. The summed E-state index contributed by atoms with van der Waals surface area (Å²) in [7, 11) is 0. The van der Waals surface area contributed by atoms with Crippen LogP contribution in [0.3, 0.4) is 0 Å². The van der Waals surface area contributed by atoms with Crippen LogP contribution in [0.15, 0.2) is 0 Å². The van der Waals surface area contributed by atoms with Crippen molar-refractivity contribution in [2.24, 2.45) is 0 Å². The summed E-state index contributed by atoms with van der Waals surface area (Å²) in [6, 6.07) is -0.0162. The van der Waals surface area contributed by atoms with Crippen LogP contribution in [0.4, 0.5) is 0 Å². The quantitative estimate of drug-likeness (QED) is 0.597. The highest BCUT2D eigenvalue weighted by Gasteiger charge is 2.21. The normalized spacial score (nSPS) is 24.5. The van der Waals surface area contributed by atoms with Gasteiger partial charge in [0.25, 0.3) is 0 Å². The zero-order chi connectivity index (χ0) is 7.56. The van der Waals surface area contributed by atoms with E-state index < -0.39 is 0 Å². The maximum atomic E-state index is 10.6. The van der Waals surface area contributed by atoms with Crippen molar-refractivity contribution in [3.63, 3.8) is 0 Å². The van der Waals surface area contributed by atoms with E-state index in [-0.39, 0.29) is 23.6 Å². The first-order valence-electron chi connectivity index (χ1n) is 3.16. The Hall–Kier alpha value is -0.570. The molecule has 0 aromatic rings. The first-order valence-corrected chi connectivity index (χ1v) is 3.54. The van der Waals surface area contributed by atoms with Gasteiger partial charge in [0.05, 0.1) is 0 Å². The Morgan fingerprint density at radius 2 is 2.50 bits per heavy atom. The second-order valence-electron chi connectivity index (χ2n) is 2.36. The molecule has 3 nitrogen and oxygen atoms in total. The second-order valence-corrected chi connectivity index (χ2v) is 2.78. The summed E-state index contributed by atoms with van der Waals surface area (Å²) in [6.45, 7) is 0. The van der Waals surface area contributed by atoms with E-state index in [1.165, 1.54) is 0 Å². The second kappa shape index (κ2) is 3.01. The topological polar surface area (TPSA) is 46.2 Å². The minimum Gasteiger partial charge on any atom is -0.353 e. The molecule has 1 aliphatic heterocycles. The summed E-state index contributed by atoms with van der Waals surface area (Å²) in [5.74, 6) is 0.0166. The number of carbonyl (C=O) groups excluding carboxylic acids is 2. The molecule has 0 aromatic heterocycles. The molecule has 0 unspecified atom stereocenters. The summed E-state index contributed by atoms with van der Waals surface area (Å²) in [4.78, 5) is 20.9. The van der Waals surface area contributed by atoms with E-state index in [0.29, 0.717) is 6.42 Å². The van der Waals surface area contributed by atoms with Crippen LogP contribution in [-0.4, -0.2) is 17.2 Å². The van der Waals surface area contributed by atoms with Crippen molar-refractivity contribution in [2.45, 2.75) is 25.3 Å². The molecule has 1 amide bonds. The van der Waals surface area contributed by atoms with Gasteiger partial charge in [0.1, 0.15) is 0 Å². The van der Waals surface area contributed by atoms with Gasteiger partial charge in [-0.1, -0.05) is 0 Å². The Bertz CT molecular complexity index is 169. The van der Waals surface area contributed by atoms with E-state index in [0.717, 1.165) is 6.42 Å². The van der Waals surface area contributed by atoms with Gasteiger partial charge in [-0.25, -0.2) is 0 Å². The Morgan fingerprint density at radius 3 is 2.90 bits per heavy atom. The molecule has 56 valence electrons. The van der Waals surface area contributed by atoms with Crippen LogP contribution < -0.4 is 5.32 Å². The molecule has 0 aromatic carbocycles. The molecule has 1 fully saturated rings. The van der Waals surface area contributed by atoms with E-state index in [1.807, 2.05) is 0 Å². The predicted octanol–water partition coefficient (Wildman–Crippen LogP) is 0.420. The highest BCUT2D eigenvalue weighted by Crippen LogP contribution is 2.10. The molecule has 1 saturated heterocycles. The third-order valence-electron chi connectivity index (χ3n) is 1.49. The summed E-state index contributed by atoms with van der Waals surface area (Å²) in [5, 5.41) is 2.26. The summed E-state index contributed by atoms with van der Waals surface area (Å²) in [6.07, 6.45) is 1.51. The fourth-order valence-electron chi connectivity index (χ4n) is 1.02. The summed E-state index contributed by atoms with van der Waals surface area (Å²) in [5.41, 5.74) is 0. The molecule has 4 heteroatoms. The highest BCUT2D eigenvalue weighted by molar-refractivity contribution is 6.63. The Balaban J connectivity index is 2.31. The van der Waals surface area contributed by atoms with Crippen molar-refractivity contribution in [3.8, 4) is 0 Å². The van der Waals surface area contributed by atoms with E-state index >= 15 is 0 Å². The van der Waals surface area contributed by atoms with Crippen LogP contribution in [0.1, 0.15) is 19.3 Å². The molecule has 10 heavy (non-hydrogen) atoms. The van der Waals surface area contributed by atoms with Crippen LogP contribution in [-0.2, 0) is 9.59 Å². The van der Waals surface area contributed by atoms with Gasteiger partial charge in [-0.2, -0.15) is 0 Å². The van der Waals surface area contributed by atoms with Crippen molar-refractivity contribution in [3.05, 3.63) is 0 Å². The fraction of sp³-hybridized carbons (Fsp3) is 0.667. The number of carbonyl (C=O) groups is 2. The van der Waals surface area contributed by atoms with Gasteiger partial charge in [0, 0.05) is 18.9 Å². The number of nitrogens with one attached hydrogen (secondary N) is 1. The largest absolute Gasteiger partial charge is 0.353 e. The van der Waals surface area contributed by atoms with Gasteiger partial charge >= 0.3 is 0 Å². The van der Waals surface area contributed by atoms with Crippen LogP contribution >= 0.6 is 11.6 Å². The lowest BCUT2D eigenvalue weighted by Crippen LogP contribution is -2.26. The van der Waals surface area contributed by atoms with Crippen LogP contribution in [0.25, 0.3) is 0 Å². The zero-order valence-electron chi connectivity index (χ0n) is 5.39. The first-order chi connectivity index (χ1) is 4.68. The van der Waals surface area contributed by atoms with Crippen molar-refractivity contribution in [1.82, 2.24) is 5.32 Å². The SMILES string of the molecule is O=C(Cl)C[C@H]1CCC(=O)N1. The third kappa shape index (κ3) is 1.99. The van der Waals surface area contributed by atoms with Crippen molar-refractivity contribution >= 4 is 22.8 Å². The van der Waals surface area contributed by atoms with E-state index in [4.69, 9.17) is 11.6 Å². The van der Waals surface area contributed by atoms with Crippen molar-refractivity contribution in [1.29, 1.82) is 0 Å². The molecule has 1 aliphatic rings. The first kappa shape index (κ1) is 7.54. The maximum Gasteiger partial charge on any atom is 0.223 e. The molecule has 1 N–H and O–H groups in total. The minimum atomic E-state index is -0.382. The fourth-order valence-corrected chi connectivity index (χ4v) is 1.21. The standard InChI is InChI=1S/C6H8ClNO2/c7-5(9)3-4-1-2-6(10)8-4/h4H,1-3H2,(H,8,10)/t4-/m1/s1. The van der Waals surface area contributed by atoms with Crippen LogP contribution in [0.2, 0.25) is 0 Å². The number of rotatable bonds is 2. The highest BCUT2D eigenvalue weighted by atomic mass is 35.5. The molecular weight excluding hydrogens is 154 g/mol. The number of halogens is 1. The third-order valence-corrected chi connectivity index (χ3v) is 1.65. The number of hydrogen-bond donors (Lipinski definition) is 1. The Kier molecular flexibility index (Phi) is 2.27. The van der Waals surface area contributed by atoms with Gasteiger partial charge in [-0.05, 0) is 18.0 Å². The van der Waals surface area contributed by atoms with E-state index in [9.17, 15) is 9.59 Å². The lowest BCUT2D eigenvalue weighted by molar-refractivity contribution is -0.119. The average Bonchev–Trinajstić information content (AvgIpc) is 2.13. The molecule has 0 saturated carbocycles. The molecule has 0 radical (unpaired) electrons. The van der Waals surface area contributed by atoms with Crippen LogP contribution in [0.5, 0.6) is 0 Å². The number of hydrogen-bond acceptors (Lipinski definition) is 2. The lowest BCUT2D eigenvalue weighted by Gasteiger charge is -2.03. The molecule has 0 spiro atoms. The molecule has 0 aliphatic carbocycles. The average molecular weight is 162 g/mol.